The van der Waals surface area contributed by atoms with Gasteiger partial charge in [-0.15, -0.1) is 5.10 Å². The fourth-order valence-electron chi connectivity index (χ4n) is 3.83. The van der Waals surface area contributed by atoms with Crippen molar-refractivity contribution < 1.29 is 4.74 Å². The lowest BCUT2D eigenvalue weighted by Gasteiger charge is -2.36. The molecule has 2 aromatic rings. The molecule has 2 saturated heterocycles. The first kappa shape index (κ1) is 17.8. The zero-order chi connectivity index (χ0) is 18.5. The third kappa shape index (κ3) is 4.23. The third-order valence-corrected chi connectivity index (χ3v) is 5.47. The second kappa shape index (κ2) is 8.41. The van der Waals surface area contributed by atoms with E-state index in [9.17, 15) is 0 Å². The summed E-state index contributed by atoms with van der Waals surface area (Å²) >= 11 is 0. The van der Waals surface area contributed by atoms with E-state index in [1.54, 1.807) is 13.3 Å². The number of methoxy groups -OCH3 is 1. The van der Waals surface area contributed by atoms with Crippen molar-refractivity contribution in [3.8, 4) is 5.75 Å². The Hall–Kier alpha value is -2.57. The Balaban J connectivity index is 1.39. The van der Waals surface area contributed by atoms with Crippen molar-refractivity contribution >= 4 is 17.5 Å². The molecule has 0 amide bonds. The highest BCUT2D eigenvalue weighted by molar-refractivity contribution is 5.51. The first-order valence-electron chi connectivity index (χ1n) is 9.92. The highest BCUT2D eigenvalue weighted by Crippen LogP contribution is 2.23. The molecule has 2 aliphatic rings. The van der Waals surface area contributed by atoms with Gasteiger partial charge >= 0.3 is 0 Å². The van der Waals surface area contributed by atoms with Crippen LogP contribution in [0.25, 0.3) is 0 Å². The van der Waals surface area contributed by atoms with Gasteiger partial charge in [0.05, 0.1) is 13.3 Å². The maximum atomic E-state index is 5.25. The van der Waals surface area contributed by atoms with Gasteiger partial charge < -0.3 is 19.4 Å². The van der Waals surface area contributed by atoms with Crippen LogP contribution >= 0.6 is 0 Å². The molecule has 2 fully saturated rings. The van der Waals surface area contributed by atoms with Crippen LogP contribution in [0.2, 0.25) is 0 Å². The maximum Gasteiger partial charge on any atom is 0.247 e. The van der Waals surface area contributed by atoms with Crippen molar-refractivity contribution in [1.29, 1.82) is 0 Å². The number of benzene rings is 1. The second-order valence-corrected chi connectivity index (χ2v) is 7.19. The molecule has 27 heavy (non-hydrogen) atoms. The van der Waals surface area contributed by atoms with E-state index < -0.39 is 0 Å². The van der Waals surface area contributed by atoms with Crippen molar-refractivity contribution in [2.24, 2.45) is 0 Å². The Morgan fingerprint density at radius 1 is 0.778 bits per heavy atom. The van der Waals surface area contributed by atoms with Gasteiger partial charge in [0.2, 0.25) is 5.95 Å². The van der Waals surface area contributed by atoms with Crippen LogP contribution in [0.5, 0.6) is 5.75 Å². The molecule has 3 heterocycles. The molecule has 7 heteroatoms. The van der Waals surface area contributed by atoms with E-state index in [0.717, 1.165) is 56.8 Å². The lowest BCUT2D eigenvalue weighted by Crippen LogP contribution is -2.47. The summed E-state index contributed by atoms with van der Waals surface area (Å²) in [5, 5.41) is 8.53. The largest absolute Gasteiger partial charge is 0.497 e. The van der Waals surface area contributed by atoms with Crippen LogP contribution in [-0.2, 0) is 0 Å². The van der Waals surface area contributed by atoms with Crippen molar-refractivity contribution in [2.75, 3.05) is 61.1 Å². The van der Waals surface area contributed by atoms with Crippen LogP contribution in [0.1, 0.15) is 25.7 Å². The van der Waals surface area contributed by atoms with Gasteiger partial charge in [0.1, 0.15) is 5.75 Å². The summed E-state index contributed by atoms with van der Waals surface area (Å²) in [4.78, 5) is 11.8. The first-order chi connectivity index (χ1) is 13.3. The Kier molecular flexibility index (Phi) is 5.55. The van der Waals surface area contributed by atoms with Crippen LogP contribution < -0.4 is 19.4 Å². The lowest BCUT2D eigenvalue weighted by atomic mass is 10.2. The molecule has 144 valence electrons. The predicted octanol–water partition coefficient (Wildman–Crippen LogP) is 2.59. The molecule has 0 bridgehead atoms. The molecule has 7 nitrogen and oxygen atoms in total. The quantitative estimate of drug-likeness (QED) is 0.822. The number of rotatable bonds is 4. The Bertz CT molecular complexity index is 722. The molecule has 0 aliphatic carbocycles. The molecule has 0 atom stereocenters. The van der Waals surface area contributed by atoms with E-state index in [4.69, 9.17) is 9.72 Å². The number of anilines is 3. The van der Waals surface area contributed by atoms with E-state index in [0.29, 0.717) is 0 Å². The van der Waals surface area contributed by atoms with Crippen molar-refractivity contribution in [1.82, 2.24) is 15.2 Å². The van der Waals surface area contributed by atoms with Crippen LogP contribution in [0, 0.1) is 0 Å². The fourth-order valence-corrected chi connectivity index (χ4v) is 3.83. The summed E-state index contributed by atoms with van der Waals surface area (Å²) in [6.45, 7) is 5.88. The molecule has 0 N–H and O–H groups in total. The van der Waals surface area contributed by atoms with Gasteiger partial charge in [-0.1, -0.05) is 12.8 Å². The van der Waals surface area contributed by atoms with Gasteiger partial charge in [-0.25, -0.2) is 0 Å². The average Bonchev–Trinajstić information content (AvgIpc) is 3.04. The Labute approximate surface area is 161 Å². The molecular weight excluding hydrogens is 340 g/mol. The minimum Gasteiger partial charge on any atom is -0.497 e. The van der Waals surface area contributed by atoms with E-state index in [1.165, 1.54) is 31.4 Å². The maximum absolute atomic E-state index is 5.25. The van der Waals surface area contributed by atoms with E-state index in [-0.39, 0.29) is 0 Å². The molecule has 4 rings (SSSR count). The Morgan fingerprint density at radius 2 is 1.44 bits per heavy atom. The molecule has 1 aromatic carbocycles. The van der Waals surface area contributed by atoms with Gasteiger partial charge in [-0.3, -0.25) is 0 Å². The van der Waals surface area contributed by atoms with Crippen molar-refractivity contribution in [3.63, 3.8) is 0 Å². The molecular formula is C20H28N6O. The highest BCUT2D eigenvalue weighted by atomic mass is 16.5. The standard InChI is InChI=1S/C20H28N6O/c1-27-18-8-6-17(7-9-18)24-12-14-25(15-13-24)19-16-21-23-20(22-19)26-10-4-2-3-5-11-26/h6-9,16H,2-5,10-15H2,1H3. The van der Waals surface area contributed by atoms with Gasteiger partial charge in [0, 0.05) is 45.0 Å². The third-order valence-electron chi connectivity index (χ3n) is 5.47. The average molecular weight is 368 g/mol. The zero-order valence-electron chi connectivity index (χ0n) is 16.0. The molecule has 0 unspecified atom stereocenters. The van der Waals surface area contributed by atoms with Gasteiger partial charge in [0.25, 0.3) is 0 Å². The Morgan fingerprint density at radius 3 is 2.11 bits per heavy atom. The minimum atomic E-state index is 0.784. The topological polar surface area (TPSA) is 57.6 Å². The summed E-state index contributed by atoms with van der Waals surface area (Å²) in [6, 6.07) is 8.28. The predicted molar refractivity (Wildman–Crippen MR) is 108 cm³/mol. The molecule has 0 saturated carbocycles. The van der Waals surface area contributed by atoms with E-state index >= 15 is 0 Å². The number of aromatic nitrogens is 3. The summed E-state index contributed by atoms with van der Waals surface area (Å²) in [7, 11) is 1.70. The lowest BCUT2D eigenvalue weighted by molar-refractivity contribution is 0.415. The summed E-state index contributed by atoms with van der Waals surface area (Å²) in [5.41, 5.74) is 1.24. The van der Waals surface area contributed by atoms with Crippen molar-refractivity contribution in [2.45, 2.75) is 25.7 Å². The smallest absolute Gasteiger partial charge is 0.247 e. The van der Waals surface area contributed by atoms with Gasteiger partial charge in [-0.2, -0.15) is 10.1 Å². The first-order valence-corrected chi connectivity index (χ1v) is 9.92. The fraction of sp³-hybridized carbons (Fsp3) is 0.550. The van der Waals surface area contributed by atoms with Gasteiger partial charge in [0.15, 0.2) is 5.82 Å². The molecule has 0 spiro atoms. The molecule has 2 aliphatic heterocycles. The van der Waals surface area contributed by atoms with Crippen LogP contribution in [0.4, 0.5) is 17.5 Å². The number of hydrogen-bond donors (Lipinski definition) is 0. The highest BCUT2D eigenvalue weighted by Gasteiger charge is 2.20. The molecule has 0 radical (unpaired) electrons. The number of ether oxygens (including phenoxy) is 1. The van der Waals surface area contributed by atoms with Crippen LogP contribution in [-0.4, -0.2) is 61.6 Å². The number of hydrogen-bond acceptors (Lipinski definition) is 7. The second-order valence-electron chi connectivity index (χ2n) is 7.19. The normalized spacial score (nSPS) is 18.3. The summed E-state index contributed by atoms with van der Waals surface area (Å²) in [6.07, 6.45) is 6.83. The number of nitrogens with zero attached hydrogens (tertiary/aromatic N) is 6. The minimum absolute atomic E-state index is 0.784. The van der Waals surface area contributed by atoms with E-state index in [2.05, 4.69) is 37.0 Å². The molecule has 1 aromatic heterocycles. The van der Waals surface area contributed by atoms with Crippen LogP contribution in [0.15, 0.2) is 30.5 Å². The van der Waals surface area contributed by atoms with Crippen LogP contribution in [0.3, 0.4) is 0 Å². The summed E-state index contributed by atoms with van der Waals surface area (Å²) in [5.74, 6) is 2.62. The summed E-state index contributed by atoms with van der Waals surface area (Å²) < 4.78 is 5.25. The van der Waals surface area contributed by atoms with Crippen molar-refractivity contribution in [3.05, 3.63) is 30.5 Å². The zero-order valence-corrected chi connectivity index (χ0v) is 16.0. The SMILES string of the molecule is COc1ccc(N2CCN(c3cnnc(N4CCCCCC4)n3)CC2)cc1. The van der Waals surface area contributed by atoms with Gasteiger partial charge in [-0.05, 0) is 37.1 Å². The monoisotopic (exact) mass is 368 g/mol. The number of piperazine rings is 1. The van der Waals surface area contributed by atoms with E-state index in [1.807, 2.05) is 12.1 Å².